The Morgan fingerprint density at radius 2 is 1.90 bits per heavy atom. The van der Waals surface area contributed by atoms with Crippen LogP contribution in [0.25, 0.3) is 0 Å². The lowest BCUT2D eigenvalue weighted by molar-refractivity contribution is 0.158. The van der Waals surface area contributed by atoms with Crippen LogP contribution in [0.1, 0.15) is 62.9 Å². The SMILES string of the molecule is CC(C)c1[nH]c(C2CC3CCC(C2)N3C)nc(=S)c1Br. The number of halogens is 1. The van der Waals surface area contributed by atoms with Gasteiger partial charge >= 0.3 is 0 Å². The molecule has 0 radical (unpaired) electrons. The number of hydrogen-bond acceptors (Lipinski definition) is 3. The van der Waals surface area contributed by atoms with Crippen molar-refractivity contribution in [1.29, 1.82) is 0 Å². The Bertz CT molecular complexity index is 555. The van der Waals surface area contributed by atoms with E-state index in [2.05, 4.69) is 51.7 Å². The van der Waals surface area contributed by atoms with Crippen molar-refractivity contribution in [2.75, 3.05) is 7.05 Å². The standard InChI is InChI=1S/C15H22BrN3S/c1-8(2)13-12(16)15(20)18-14(17-13)9-6-10-4-5-11(7-9)19(10)3/h8-11H,4-7H2,1-3H3,(H,17,18,20). The summed E-state index contributed by atoms with van der Waals surface area (Å²) < 4.78 is 1.66. The molecule has 3 nitrogen and oxygen atoms in total. The number of nitrogens with zero attached hydrogens (tertiary/aromatic N) is 2. The van der Waals surface area contributed by atoms with E-state index < -0.39 is 0 Å². The summed E-state index contributed by atoms with van der Waals surface area (Å²) in [5.41, 5.74) is 1.19. The van der Waals surface area contributed by atoms with Gasteiger partial charge < -0.3 is 9.88 Å². The first-order chi connectivity index (χ1) is 9.47. The number of hydrogen-bond donors (Lipinski definition) is 1. The first kappa shape index (κ1) is 14.7. The lowest BCUT2D eigenvalue weighted by Gasteiger charge is -2.36. The van der Waals surface area contributed by atoms with Gasteiger partial charge in [-0.05, 0) is 54.6 Å². The number of rotatable bonds is 2. The number of aromatic nitrogens is 2. The summed E-state index contributed by atoms with van der Waals surface area (Å²) >= 11 is 9.00. The molecule has 5 heteroatoms. The third-order valence-corrected chi connectivity index (χ3v) is 6.33. The fourth-order valence-electron chi connectivity index (χ4n) is 3.72. The molecular weight excluding hydrogens is 334 g/mol. The van der Waals surface area contributed by atoms with Crippen LogP contribution < -0.4 is 0 Å². The Labute approximate surface area is 134 Å². The molecule has 0 amide bonds. The van der Waals surface area contributed by atoms with Crippen molar-refractivity contribution in [3.8, 4) is 0 Å². The monoisotopic (exact) mass is 355 g/mol. The van der Waals surface area contributed by atoms with Crippen LogP contribution in [0.4, 0.5) is 0 Å². The fraction of sp³-hybridized carbons (Fsp3) is 0.733. The van der Waals surface area contributed by atoms with Crippen LogP contribution >= 0.6 is 28.1 Å². The normalized spacial score (nSPS) is 30.1. The molecule has 2 fully saturated rings. The minimum Gasteiger partial charge on any atom is -0.346 e. The number of piperidine rings is 1. The van der Waals surface area contributed by atoms with Gasteiger partial charge in [-0.3, -0.25) is 0 Å². The van der Waals surface area contributed by atoms with Crippen LogP contribution in [0.3, 0.4) is 0 Å². The van der Waals surface area contributed by atoms with Gasteiger partial charge in [-0.15, -0.1) is 0 Å². The van der Waals surface area contributed by atoms with Gasteiger partial charge in [0, 0.05) is 23.7 Å². The van der Waals surface area contributed by atoms with Crippen LogP contribution in [-0.4, -0.2) is 34.0 Å². The average Bonchev–Trinajstić information content (AvgIpc) is 2.64. The molecule has 0 aliphatic carbocycles. The molecule has 0 spiro atoms. The molecule has 3 heterocycles. The van der Waals surface area contributed by atoms with Crippen molar-refractivity contribution in [2.24, 2.45) is 0 Å². The topological polar surface area (TPSA) is 31.9 Å². The maximum Gasteiger partial charge on any atom is 0.144 e. The molecule has 2 saturated heterocycles. The third-order valence-electron chi connectivity index (χ3n) is 4.97. The Morgan fingerprint density at radius 1 is 1.30 bits per heavy atom. The fourth-order valence-corrected chi connectivity index (χ4v) is 4.57. The van der Waals surface area contributed by atoms with Crippen molar-refractivity contribution in [3.63, 3.8) is 0 Å². The highest BCUT2D eigenvalue weighted by molar-refractivity contribution is 9.10. The second-order valence-corrected chi connectivity index (χ2v) is 7.71. The zero-order valence-corrected chi connectivity index (χ0v) is 14.7. The van der Waals surface area contributed by atoms with E-state index in [4.69, 9.17) is 12.2 Å². The molecule has 2 atom stereocenters. The summed E-state index contributed by atoms with van der Waals surface area (Å²) in [6.07, 6.45) is 5.10. The van der Waals surface area contributed by atoms with E-state index in [1.807, 2.05) is 0 Å². The van der Waals surface area contributed by atoms with Crippen LogP contribution in [-0.2, 0) is 0 Å². The number of H-pyrrole nitrogens is 1. The molecule has 1 aromatic rings. The first-order valence-electron chi connectivity index (χ1n) is 7.49. The smallest absolute Gasteiger partial charge is 0.144 e. The van der Waals surface area contributed by atoms with Gasteiger partial charge in [-0.2, -0.15) is 0 Å². The molecular formula is C15H22BrN3S. The van der Waals surface area contributed by atoms with Gasteiger partial charge in [-0.25, -0.2) is 4.98 Å². The molecule has 20 heavy (non-hydrogen) atoms. The summed E-state index contributed by atoms with van der Waals surface area (Å²) in [5, 5.41) is 0. The number of fused-ring (bicyclic) bond motifs is 2. The molecule has 0 saturated carbocycles. The van der Waals surface area contributed by atoms with Crippen LogP contribution in [0.2, 0.25) is 0 Å². The Kier molecular flexibility index (Phi) is 4.04. The molecule has 3 rings (SSSR count). The lowest BCUT2D eigenvalue weighted by atomic mass is 9.90. The van der Waals surface area contributed by atoms with Gasteiger partial charge in [0.25, 0.3) is 0 Å². The summed E-state index contributed by atoms with van der Waals surface area (Å²) in [5.74, 6) is 2.07. The van der Waals surface area contributed by atoms with Crippen molar-refractivity contribution in [3.05, 3.63) is 20.6 Å². The van der Waals surface area contributed by atoms with Crippen LogP contribution in [0.15, 0.2) is 4.47 Å². The minimum absolute atomic E-state index is 0.427. The molecule has 1 aromatic heterocycles. The van der Waals surface area contributed by atoms with Crippen molar-refractivity contribution >= 4 is 28.1 Å². The summed E-state index contributed by atoms with van der Waals surface area (Å²) in [6, 6.07) is 1.46. The van der Waals surface area contributed by atoms with Gasteiger partial charge in [-0.1, -0.05) is 26.1 Å². The van der Waals surface area contributed by atoms with Crippen LogP contribution in [0, 0.1) is 4.64 Å². The molecule has 1 N–H and O–H groups in total. The molecule has 0 aromatic carbocycles. The zero-order valence-electron chi connectivity index (χ0n) is 12.3. The van der Waals surface area contributed by atoms with E-state index >= 15 is 0 Å². The highest BCUT2D eigenvalue weighted by Crippen LogP contribution is 2.41. The van der Waals surface area contributed by atoms with Gasteiger partial charge in [0.1, 0.15) is 10.5 Å². The second kappa shape index (κ2) is 5.50. The van der Waals surface area contributed by atoms with Crippen molar-refractivity contribution < 1.29 is 0 Å². The Morgan fingerprint density at radius 3 is 2.45 bits per heavy atom. The third kappa shape index (κ3) is 2.48. The van der Waals surface area contributed by atoms with Gasteiger partial charge in [0.15, 0.2) is 0 Å². The lowest BCUT2D eigenvalue weighted by Crippen LogP contribution is -2.39. The largest absolute Gasteiger partial charge is 0.346 e. The van der Waals surface area contributed by atoms with Crippen molar-refractivity contribution in [1.82, 2.24) is 14.9 Å². The second-order valence-electron chi connectivity index (χ2n) is 6.53. The van der Waals surface area contributed by atoms with E-state index in [0.29, 0.717) is 16.5 Å². The molecule has 110 valence electrons. The molecule has 2 unspecified atom stereocenters. The Balaban J connectivity index is 1.93. The predicted molar refractivity (Wildman–Crippen MR) is 87.8 cm³/mol. The maximum atomic E-state index is 5.43. The van der Waals surface area contributed by atoms with E-state index in [1.165, 1.54) is 31.4 Å². The summed E-state index contributed by atoms with van der Waals surface area (Å²) in [7, 11) is 2.27. The maximum absolute atomic E-state index is 5.43. The zero-order chi connectivity index (χ0) is 14.4. The van der Waals surface area contributed by atoms with E-state index in [-0.39, 0.29) is 0 Å². The highest BCUT2D eigenvalue weighted by atomic mass is 79.9. The summed E-state index contributed by atoms with van der Waals surface area (Å²) in [6.45, 7) is 4.38. The van der Waals surface area contributed by atoms with Gasteiger partial charge in [0.2, 0.25) is 0 Å². The predicted octanol–water partition coefficient (Wildman–Crippen LogP) is 4.37. The number of nitrogens with one attached hydrogen (secondary N) is 1. The minimum atomic E-state index is 0.427. The van der Waals surface area contributed by atoms with E-state index in [1.54, 1.807) is 0 Å². The quantitative estimate of drug-likeness (QED) is 0.799. The van der Waals surface area contributed by atoms with E-state index in [9.17, 15) is 0 Å². The van der Waals surface area contributed by atoms with E-state index in [0.717, 1.165) is 22.4 Å². The first-order valence-corrected chi connectivity index (χ1v) is 8.69. The average molecular weight is 356 g/mol. The molecule has 2 aliphatic heterocycles. The highest BCUT2D eigenvalue weighted by Gasteiger charge is 2.39. The summed E-state index contributed by atoms with van der Waals surface area (Å²) in [4.78, 5) is 10.8. The number of aromatic amines is 1. The molecule has 2 bridgehead atoms. The Hall–Kier alpha value is -0.260. The van der Waals surface area contributed by atoms with Crippen molar-refractivity contribution in [2.45, 2.75) is 63.5 Å². The van der Waals surface area contributed by atoms with Crippen LogP contribution in [0.5, 0.6) is 0 Å². The molecule has 2 aliphatic rings. The van der Waals surface area contributed by atoms with Gasteiger partial charge in [0.05, 0.1) is 4.47 Å².